The molecule has 0 radical (unpaired) electrons. The zero-order valence-corrected chi connectivity index (χ0v) is 9.00. The fourth-order valence-electron chi connectivity index (χ4n) is 2.52. The second kappa shape index (κ2) is 3.53. The highest BCUT2D eigenvalue weighted by molar-refractivity contribution is 6.01. The normalized spacial score (nSPS) is 26.6. The summed E-state index contributed by atoms with van der Waals surface area (Å²) in [5.41, 5.74) is 0.790. The summed E-state index contributed by atoms with van der Waals surface area (Å²) in [5, 5.41) is 13.7. The number of nitro groups is 1. The summed E-state index contributed by atoms with van der Waals surface area (Å²) in [6, 6.07) is 6.25. The number of carbonyl (C=O) groups is 1. The van der Waals surface area contributed by atoms with Crippen LogP contribution in [0.2, 0.25) is 0 Å². The lowest BCUT2D eigenvalue weighted by Gasteiger charge is -2.27. The Bertz CT molecular complexity index is 485. The number of fused-ring (bicyclic) bond motifs is 2. The van der Waals surface area contributed by atoms with Gasteiger partial charge in [0, 0.05) is 24.4 Å². The van der Waals surface area contributed by atoms with Crippen molar-refractivity contribution >= 4 is 17.3 Å². The molecule has 6 nitrogen and oxygen atoms in total. The first-order chi connectivity index (χ1) is 8.16. The molecule has 2 aliphatic rings. The van der Waals surface area contributed by atoms with Crippen LogP contribution in [-0.2, 0) is 4.79 Å². The van der Waals surface area contributed by atoms with Crippen LogP contribution in [0.4, 0.5) is 11.4 Å². The molecule has 2 bridgehead atoms. The van der Waals surface area contributed by atoms with Gasteiger partial charge in [0.05, 0.1) is 17.0 Å². The van der Waals surface area contributed by atoms with Crippen molar-refractivity contribution in [2.24, 2.45) is 0 Å². The maximum Gasteiger partial charge on any atom is 0.269 e. The van der Waals surface area contributed by atoms with Gasteiger partial charge in [0.25, 0.3) is 5.69 Å². The van der Waals surface area contributed by atoms with Crippen molar-refractivity contribution in [1.82, 2.24) is 5.32 Å². The molecular formula is C11H11N3O3. The minimum Gasteiger partial charge on any atom is -0.307 e. The summed E-state index contributed by atoms with van der Waals surface area (Å²) in [6.45, 7) is 0.799. The molecule has 0 aromatic heterocycles. The second-order valence-electron chi connectivity index (χ2n) is 4.33. The van der Waals surface area contributed by atoms with Gasteiger partial charge in [-0.3, -0.25) is 14.9 Å². The molecule has 2 aliphatic heterocycles. The Morgan fingerprint density at radius 1 is 1.35 bits per heavy atom. The number of hydrogen-bond donors (Lipinski definition) is 1. The molecule has 1 N–H and O–H groups in total. The fourth-order valence-corrected chi connectivity index (χ4v) is 2.52. The number of carbonyl (C=O) groups excluding carboxylic acids is 1. The lowest BCUT2D eigenvalue weighted by molar-refractivity contribution is -0.384. The Kier molecular flexibility index (Phi) is 2.12. The van der Waals surface area contributed by atoms with Crippen molar-refractivity contribution in [3.8, 4) is 0 Å². The number of anilines is 1. The minimum absolute atomic E-state index is 0.0451. The molecule has 6 heteroatoms. The van der Waals surface area contributed by atoms with Gasteiger partial charge in [-0.15, -0.1) is 0 Å². The van der Waals surface area contributed by atoms with Crippen LogP contribution in [0.3, 0.4) is 0 Å². The number of rotatable bonds is 2. The highest BCUT2D eigenvalue weighted by Crippen LogP contribution is 2.31. The number of amides is 1. The van der Waals surface area contributed by atoms with Crippen LogP contribution in [0.5, 0.6) is 0 Å². The van der Waals surface area contributed by atoms with Gasteiger partial charge in [0.1, 0.15) is 0 Å². The number of nitro benzene ring substituents is 1. The molecule has 2 fully saturated rings. The van der Waals surface area contributed by atoms with Gasteiger partial charge in [-0.2, -0.15) is 0 Å². The monoisotopic (exact) mass is 233 g/mol. The molecule has 2 atom stereocenters. The molecule has 17 heavy (non-hydrogen) atoms. The van der Waals surface area contributed by atoms with E-state index in [2.05, 4.69) is 5.32 Å². The summed E-state index contributed by atoms with van der Waals surface area (Å²) in [4.78, 5) is 23.8. The van der Waals surface area contributed by atoms with E-state index in [1.807, 2.05) is 0 Å². The summed E-state index contributed by atoms with van der Waals surface area (Å²) < 4.78 is 0. The largest absolute Gasteiger partial charge is 0.307 e. The van der Waals surface area contributed by atoms with Crippen LogP contribution in [0.1, 0.15) is 6.42 Å². The Balaban J connectivity index is 1.90. The molecule has 3 rings (SSSR count). The quantitative estimate of drug-likeness (QED) is 0.601. The maximum absolute atomic E-state index is 11.9. The van der Waals surface area contributed by atoms with Crippen molar-refractivity contribution in [2.75, 3.05) is 11.4 Å². The van der Waals surface area contributed by atoms with Gasteiger partial charge in [-0.05, 0) is 18.6 Å². The fraction of sp³-hybridized carbons (Fsp3) is 0.364. The van der Waals surface area contributed by atoms with Gasteiger partial charge in [0.15, 0.2) is 0 Å². The van der Waals surface area contributed by atoms with E-state index >= 15 is 0 Å². The zero-order chi connectivity index (χ0) is 12.0. The maximum atomic E-state index is 11.9. The van der Waals surface area contributed by atoms with Crippen LogP contribution in [0.25, 0.3) is 0 Å². The highest BCUT2D eigenvalue weighted by atomic mass is 16.6. The van der Waals surface area contributed by atoms with Gasteiger partial charge < -0.3 is 10.2 Å². The van der Waals surface area contributed by atoms with Crippen LogP contribution in [-0.4, -0.2) is 29.5 Å². The molecule has 2 unspecified atom stereocenters. The van der Waals surface area contributed by atoms with Crippen molar-refractivity contribution in [1.29, 1.82) is 0 Å². The first kappa shape index (κ1) is 10.2. The number of hydrogen-bond acceptors (Lipinski definition) is 4. The number of non-ortho nitro benzene ring substituents is 1. The topological polar surface area (TPSA) is 75.5 Å². The van der Waals surface area contributed by atoms with E-state index in [1.54, 1.807) is 17.0 Å². The van der Waals surface area contributed by atoms with E-state index < -0.39 is 4.92 Å². The first-order valence-corrected chi connectivity index (χ1v) is 5.48. The van der Waals surface area contributed by atoms with Crippen molar-refractivity contribution in [3.05, 3.63) is 34.4 Å². The average Bonchev–Trinajstić information content (AvgIpc) is 2.89. The highest BCUT2D eigenvalue weighted by Gasteiger charge is 2.45. The van der Waals surface area contributed by atoms with Crippen molar-refractivity contribution < 1.29 is 9.72 Å². The average molecular weight is 233 g/mol. The van der Waals surface area contributed by atoms with Crippen LogP contribution < -0.4 is 10.2 Å². The minimum atomic E-state index is -0.441. The molecular weight excluding hydrogens is 222 g/mol. The molecule has 1 aromatic carbocycles. The summed E-state index contributed by atoms with van der Waals surface area (Å²) in [7, 11) is 0. The summed E-state index contributed by atoms with van der Waals surface area (Å²) in [5.74, 6) is 0.0649. The van der Waals surface area contributed by atoms with Crippen LogP contribution >= 0.6 is 0 Å². The Morgan fingerprint density at radius 3 is 2.59 bits per heavy atom. The van der Waals surface area contributed by atoms with E-state index in [-0.39, 0.29) is 23.7 Å². The Morgan fingerprint density at radius 2 is 2.06 bits per heavy atom. The third-order valence-electron chi connectivity index (χ3n) is 3.35. The molecule has 0 saturated carbocycles. The number of nitrogens with zero attached hydrogens (tertiary/aromatic N) is 2. The van der Waals surface area contributed by atoms with E-state index in [4.69, 9.17) is 0 Å². The third kappa shape index (κ3) is 1.49. The number of benzene rings is 1. The molecule has 0 aliphatic carbocycles. The predicted octanol–water partition coefficient (Wildman–Crippen LogP) is 0.672. The smallest absolute Gasteiger partial charge is 0.269 e. The standard InChI is InChI=1S/C11H11N3O3/c15-11-10-5-9(6-12-10)13(11)7-1-3-8(4-2-7)14(16)17/h1-4,9-10,12H,5-6H2. The van der Waals surface area contributed by atoms with Gasteiger partial charge in [-0.25, -0.2) is 0 Å². The van der Waals surface area contributed by atoms with Crippen LogP contribution in [0, 0.1) is 10.1 Å². The lowest BCUT2D eigenvalue weighted by atomic mass is 10.2. The van der Waals surface area contributed by atoms with Gasteiger partial charge in [-0.1, -0.05) is 0 Å². The first-order valence-electron chi connectivity index (χ1n) is 5.48. The molecule has 0 spiro atoms. The second-order valence-corrected chi connectivity index (χ2v) is 4.33. The van der Waals surface area contributed by atoms with Crippen molar-refractivity contribution in [2.45, 2.75) is 18.5 Å². The Hall–Kier alpha value is -1.95. The zero-order valence-electron chi connectivity index (χ0n) is 9.00. The molecule has 1 amide bonds. The Labute approximate surface area is 97.4 Å². The van der Waals surface area contributed by atoms with Crippen molar-refractivity contribution in [3.63, 3.8) is 0 Å². The summed E-state index contributed by atoms with van der Waals surface area (Å²) in [6.07, 6.45) is 0.829. The van der Waals surface area contributed by atoms with Crippen LogP contribution in [0.15, 0.2) is 24.3 Å². The summed E-state index contributed by atoms with van der Waals surface area (Å²) >= 11 is 0. The van der Waals surface area contributed by atoms with Gasteiger partial charge >= 0.3 is 0 Å². The van der Waals surface area contributed by atoms with Gasteiger partial charge in [0.2, 0.25) is 5.91 Å². The molecule has 2 saturated heterocycles. The number of nitrogens with one attached hydrogen (secondary N) is 1. The SMILES string of the molecule is O=C1C2CC(CN2)N1c1ccc([N+](=O)[O-])cc1. The van der Waals surface area contributed by atoms with E-state index in [0.717, 1.165) is 18.7 Å². The predicted molar refractivity (Wildman–Crippen MR) is 60.8 cm³/mol. The van der Waals surface area contributed by atoms with E-state index in [1.165, 1.54) is 12.1 Å². The molecule has 1 aromatic rings. The third-order valence-corrected chi connectivity index (χ3v) is 3.35. The lowest BCUT2D eigenvalue weighted by Crippen LogP contribution is -2.48. The molecule has 88 valence electrons. The van der Waals surface area contributed by atoms with E-state index in [9.17, 15) is 14.9 Å². The molecule has 2 heterocycles. The number of piperazine rings is 1. The van der Waals surface area contributed by atoms with E-state index in [0.29, 0.717) is 0 Å².